The number of aromatic carboxylic acids is 2. The number of nitrogens with zero attached hydrogens (tertiary/aromatic N) is 2. The first-order valence-electron chi connectivity index (χ1n) is 11.0. The molecule has 0 atom stereocenters. The minimum atomic E-state index is -1.27. The van der Waals surface area contributed by atoms with Gasteiger partial charge in [-0.3, -0.25) is 0 Å². The smallest absolute Gasteiger partial charge is 0.336 e. The van der Waals surface area contributed by atoms with Gasteiger partial charge < -0.3 is 19.8 Å². The van der Waals surface area contributed by atoms with Gasteiger partial charge in [0.25, 0.3) is 0 Å². The monoisotopic (exact) mass is 538 g/mol. The van der Waals surface area contributed by atoms with Crippen molar-refractivity contribution in [3.63, 3.8) is 0 Å². The predicted octanol–water partition coefficient (Wildman–Crippen LogP) is 5.76. The van der Waals surface area contributed by atoms with Gasteiger partial charge in [0.05, 0.1) is 17.7 Å². The van der Waals surface area contributed by atoms with Crippen LogP contribution >= 0.6 is 27.5 Å². The summed E-state index contributed by atoms with van der Waals surface area (Å²) in [5, 5.41) is 19.6. The number of piperidine rings is 1. The molecule has 1 aromatic carbocycles. The molecule has 2 aromatic rings. The van der Waals surface area contributed by atoms with E-state index in [1.54, 1.807) is 13.0 Å². The fourth-order valence-corrected chi connectivity index (χ4v) is 4.84. The predicted molar refractivity (Wildman–Crippen MR) is 131 cm³/mol. The van der Waals surface area contributed by atoms with Gasteiger partial charge in [-0.05, 0) is 86.2 Å². The van der Waals surface area contributed by atoms with Gasteiger partial charge in [0.1, 0.15) is 0 Å². The standard InChI is InChI=1S/C24H28BrClN2O5/c1-14-19(26)11-17(23(29)30)22(21(14)24(31)32)16-12-20(27-13-18(16)25)33-10-4-3-5-15-6-8-28(2)9-7-15/h11-13,15H,3-10H2,1-2H3,(H,29,30)(H,31,32). The number of unbranched alkanes of at least 4 members (excludes halogenated alkanes) is 1. The first-order chi connectivity index (χ1) is 15.7. The highest BCUT2D eigenvalue weighted by Gasteiger charge is 2.26. The second-order valence-corrected chi connectivity index (χ2v) is 9.75. The zero-order valence-corrected chi connectivity index (χ0v) is 21.1. The highest BCUT2D eigenvalue weighted by atomic mass is 79.9. The van der Waals surface area contributed by atoms with Crippen molar-refractivity contribution in [2.75, 3.05) is 26.7 Å². The minimum absolute atomic E-state index is 0.0679. The molecule has 0 amide bonds. The van der Waals surface area contributed by atoms with Gasteiger partial charge >= 0.3 is 11.9 Å². The molecule has 0 radical (unpaired) electrons. The zero-order valence-electron chi connectivity index (χ0n) is 18.7. The SMILES string of the molecule is Cc1c(Cl)cc(C(=O)O)c(-c2cc(OCCCCC3CCN(C)CC3)ncc2Br)c1C(=O)O. The Bertz CT molecular complexity index is 1040. The summed E-state index contributed by atoms with van der Waals surface area (Å²) in [5.41, 5.74) is 0.387. The zero-order chi connectivity index (χ0) is 24.1. The molecule has 2 heterocycles. The summed E-state index contributed by atoms with van der Waals surface area (Å²) in [7, 11) is 2.16. The van der Waals surface area contributed by atoms with Crippen LogP contribution in [0.25, 0.3) is 11.1 Å². The van der Waals surface area contributed by atoms with Crippen LogP contribution in [0.3, 0.4) is 0 Å². The van der Waals surface area contributed by atoms with Crippen molar-refractivity contribution in [2.24, 2.45) is 5.92 Å². The Morgan fingerprint density at radius 1 is 1.21 bits per heavy atom. The summed E-state index contributed by atoms with van der Waals surface area (Å²) >= 11 is 9.50. The summed E-state index contributed by atoms with van der Waals surface area (Å²) < 4.78 is 6.29. The lowest BCUT2D eigenvalue weighted by Crippen LogP contribution is -2.30. The van der Waals surface area contributed by atoms with E-state index in [9.17, 15) is 19.8 Å². The third kappa shape index (κ3) is 6.25. The van der Waals surface area contributed by atoms with Crippen molar-refractivity contribution in [3.8, 4) is 17.0 Å². The molecule has 0 unspecified atom stereocenters. The number of likely N-dealkylation sites (tertiary alicyclic amines) is 1. The number of rotatable bonds is 9. The molecular formula is C24H28BrClN2O5. The van der Waals surface area contributed by atoms with Crippen molar-refractivity contribution >= 4 is 39.5 Å². The van der Waals surface area contributed by atoms with Crippen LogP contribution in [0, 0.1) is 12.8 Å². The summed E-state index contributed by atoms with van der Waals surface area (Å²) in [5.74, 6) is -1.44. The molecule has 33 heavy (non-hydrogen) atoms. The normalized spacial score (nSPS) is 14.9. The first kappa shape index (κ1) is 25.5. The molecule has 3 rings (SSSR count). The Morgan fingerprint density at radius 2 is 1.91 bits per heavy atom. The van der Waals surface area contributed by atoms with E-state index in [0.717, 1.165) is 31.8 Å². The van der Waals surface area contributed by atoms with Crippen molar-refractivity contribution in [1.82, 2.24) is 9.88 Å². The third-order valence-corrected chi connectivity index (χ3v) is 7.19. The van der Waals surface area contributed by atoms with Crippen LogP contribution in [0.5, 0.6) is 5.88 Å². The van der Waals surface area contributed by atoms with E-state index in [-0.39, 0.29) is 21.7 Å². The Labute approximate surface area is 206 Å². The van der Waals surface area contributed by atoms with Crippen molar-refractivity contribution < 1.29 is 24.5 Å². The number of hydrogen-bond donors (Lipinski definition) is 2. The molecule has 0 saturated carbocycles. The van der Waals surface area contributed by atoms with Crippen LogP contribution in [-0.4, -0.2) is 58.8 Å². The van der Waals surface area contributed by atoms with Crippen LogP contribution in [-0.2, 0) is 0 Å². The molecule has 178 valence electrons. The molecule has 1 aliphatic rings. The maximum Gasteiger partial charge on any atom is 0.336 e. The fourth-order valence-electron chi connectivity index (χ4n) is 4.22. The average Bonchev–Trinajstić information content (AvgIpc) is 2.77. The molecule has 1 aromatic heterocycles. The maximum absolute atomic E-state index is 12.0. The second kappa shape index (κ2) is 11.3. The van der Waals surface area contributed by atoms with Gasteiger partial charge in [0.2, 0.25) is 5.88 Å². The van der Waals surface area contributed by atoms with Gasteiger partial charge in [0.15, 0.2) is 0 Å². The Balaban J connectivity index is 1.76. The lowest BCUT2D eigenvalue weighted by molar-refractivity contribution is 0.0695. The van der Waals surface area contributed by atoms with E-state index in [1.807, 2.05) is 0 Å². The summed E-state index contributed by atoms with van der Waals surface area (Å²) in [6.45, 7) is 4.36. The van der Waals surface area contributed by atoms with E-state index in [2.05, 4.69) is 32.9 Å². The molecule has 1 saturated heterocycles. The van der Waals surface area contributed by atoms with Crippen molar-refractivity contribution in [3.05, 3.63) is 44.5 Å². The van der Waals surface area contributed by atoms with Crippen LogP contribution in [0.1, 0.15) is 58.4 Å². The van der Waals surface area contributed by atoms with E-state index in [1.165, 1.54) is 31.5 Å². The van der Waals surface area contributed by atoms with Gasteiger partial charge in [-0.2, -0.15) is 0 Å². The molecule has 7 nitrogen and oxygen atoms in total. The fraction of sp³-hybridized carbons (Fsp3) is 0.458. The highest BCUT2D eigenvalue weighted by Crippen LogP contribution is 2.39. The van der Waals surface area contributed by atoms with Gasteiger partial charge in [-0.25, -0.2) is 14.6 Å². The summed E-state index contributed by atoms with van der Waals surface area (Å²) in [6.07, 6.45) is 7.12. The minimum Gasteiger partial charge on any atom is -0.478 e. The number of ether oxygens (including phenoxy) is 1. The molecule has 0 aliphatic carbocycles. The number of carboxylic acid groups (broad SMARTS) is 2. The highest BCUT2D eigenvalue weighted by molar-refractivity contribution is 9.10. The average molecular weight is 540 g/mol. The molecule has 9 heteroatoms. The number of pyridine rings is 1. The van der Waals surface area contributed by atoms with Crippen molar-refractivity contribution in [2.45, 2.75) is 39.0 Å². The van der Waals surface area contributed by atoms with E-state index < -0.39 is 11.9 Å². The van der Waals surface area contributed by atoms with E-state index in [0.29, 0.717) is 28.1 Å². The quantitative estimate of drug-likeness (QED) is 0.391. The number of aromatic nitrogens is 1. The summed E-state index contributed by atoms with van der Waals surface area (Å²) in [4.78, 5) is 30.5. The Kier molecular flexibility index (Phi) is 8.73. The lowest BCUT2D eigenvalue weighted by atomic mass is 9.91. The lowest BCUT2D eigenvalue weighted by Gasteiger charge is -2.28. The van der Waals surface area contributed by atoms with Crippen LogP contribution in [0.15, 0.2) is 22.8 Å². The van der Waals surface area contributed by atoms with E-state index in [4.69, 9.17) is 16.3 Å². The van der Waals surface area contributed by atoms with E-state index >= 15 is 0 Å². The van der Waals surface area contributed by atoms with Crippen LogP contribution < -0.4 is 4.74 Å². The van der Waals surface area contributed by atoms with Crippen LogP contribution in [0.2, 0.25) is 5.02 Å². The number of halogens is 2. The molecular weight excluding hydrogens is 512 g/mol. The Hall–Kier alpha value is -2.16. The van der Waals surface area contributed by atoms with Gasteiger partial charge in [-0.15, -0.1) is 0 Å². The molecule has 0 bridgehead atoms. The first-order valence-corrected chi connectivity index (χ1v) is 12.1. The number of carbonyl (C=O) groups is 2. The number of carboxylic acids is 2. The maximum atomic E-state index is 12.0. The number of hydrogen-bond acceptors (Lipinski definition) is 5. The molecule has 1 fully saturated rings. The molecule has 0 spiro atoms. The third-order valence-electron chi connectivity index (χ3n) is 6.16. The van der Waals surface area contributed by atoms with Gasteiger partial charge in [-0.1, -0.05) is 18.0 Å². The largest absolute Gasteiger partial charge is 0.478 e. The van der Waals surface area contributed by atoms with Crippen LogP contribution in [0.4, 0.5) is 0 Å². The van der Waals surface area contributed by atoms with Gasteiger partial charge in [0, 0.05) is 32.9 Å². The molecule has 1 aliphatic heterocycles. The molecule has 2 N–H and O–H groups in total. The second-order valence-electron chi connectivity index (χ2n) is 8.48. The summed E-state index contributed by atoms with van der Waals surface area (Å²) in [6, 6.07) is 2.85. The number of benzene rings is 1. The van der Waals surface area contributed by atoms with Crippen molar-refractivity contribution in [1.29, 1.82) is 0 Å². The Morgan fingerprint density at radius 3 is 2.55 bits per heavy atom. The topological polar surface area (TPSA) is 100.0 Å².